The number of hydrogen-bond acceptors (Lipinski definition) is 2. The van der Waals surface area contributed by atoms with Gasteiger partial charge in [-0.15, -0.1) is 0 Å². The average Bonchev–Trinajstić information content (AvgIpc) is 3.00. The first kappa shape index (κ1) is 12.6. The van der Waals surface area contributed by atoms with Gasteiger partial charge in [-0.25, -0.2) is 4.39 Å². The number of halogens is 2. The van der Waals surface area contributed by atoms with Gasteiger partial charge in [0.2, 0.25) is 0 Å². The van der Waals surface area contributed by atoms with Crippen molar-refractivity contribution >= 4 is 22.6 Å². The molecule has 0 aliphatic heterocycles. The van der Waals surface area contributed by atoms with Crippen molar-refractivity contribution in [2.24, 2.45) is 17.8 Å². The largest absolute Gasteiger partial charge is 0.381 e. The summed E-state index contributed by atoms with van der Waals surface area (Å²) < 4.78 is 23.1. The summed E-state index contributed by atoms with van der Waals surface area (Å²) in [5.41, 5.74) is 0.276. The number of hydrogen-bond donors (Lipinski definition) is 0. The fourth-order valence-electron chi connectivity index (χ4n) is 4.82. The lowest BCUT2D eigenvalue weighted by molar-refractivity contribution is 0.0354. The van der Waals surface area contributed by atoms with E-state index in [2.05, 4.69) is 52.3 Å². The molecule has 0 saturated heterocycles. The van der Waals surface area contributed by atoms with Crippen LogP contribution in [0.1, 0.15) is 32.0 Å². The summed E-state index contributed by atoms with van der Waals surface area (Å²) in [4.78, 5) is 0. The maximum atomic E-state index is 14.9. The molecule has 0 radical (unpaired) electrons. The summed E-state index contributed by atoms with van der Waals surface area (Å²) in [5.74, 6) is 1.26. The number of methoxy groups -OCH3 is 1. The summed E-state index contributed by atoms with van der Waals surface area (Å²) in [7, 11) is 1.60. The molecule has 1 heterocycles. The molecule has 5 heteroatoms. The van der Waals surface area contributed by atoms with Crippen molar-refractivity contribution in [3.8, 4) is 0 Å². The van der Waals surface area contributed by atoms with Crippen LogP contribution in [-0.2, 0) is 10.2 Å². The van der Waals surface area contributed by atoms with Gasteiger partial charge in [0.15, 0.2) is 0 Å². The molecule has 2 unspecified atom stereocenters. The number of rotatable bonds is 4. The Balaban J connectivity index is 1.71. The minimum Gasteiger partial charge on any atom is -0.381 e. The smallest absolute Gasteiger partial charge is 0.138 e. The number of nitrogens with zero attached hydrogens (tertiary/aromatic N) is 2. The van der Waals surface area contributed by atoms with E-state index in [9.17, 15) is 4.39 Å². The lowest BCUT2D eigenvalue weighted by atomic mass is 9.97. The standard InChI is InChI=1S/C14H18FIN2O/c1-7(2)18-9(4-10(16)17-18)14-8-5-13(15,6-19-3)12(14)11(8)14/h4,7-8,11-12H,5-6H2,1-3H3/t8-,11-,12?,13?,14-/m1/s1. The van der Waals surface area contributed by atoms with E-state index in [0.29, 0.717) is 24.3 Å². The van der Waals surface area contributed by atoms with Crippen LogP contribution in [0.15, 0.2) is 6.07 Å². The molecular formula is C14H18FIN2O. The molecular weight excluding hydrogens is 358 g/mol. The molecule has 0 spiro atoms. The molecule has 0 aromatic carbocycles. The zero-order valence-corrected chi connectivity index (χ0v) is 13.5. The van der Waals surface area contributed by atoms with Crippen molar-refractivity contribution < 1.29 is 9.13 Å². The topological polar surface area (TPSA) is 27.1 Å². The second-order valence-corrected chi connectivity index (χ2v) is 7.71. The highest BCUT2D eigenvalue weighted by molar-refractivity contribution is 14.1. The Morgan fingerprint density at radius 2 is 2.37 bits per heavy atom. The first-order valence-corrected chi connectivity index (χ1v) is 7.98. The molecule has 0 N–H and O–H groups in total. The van der Waals surface area contributed by atoms with Crippen molar-refractivity contribution in [1.82, 2.24) is 9.78 Å². The lowest BCUT2D eigenvalue weighted by Gasteiger charge is -2.20. The summed E-state index contributed by atoms with van der Waals surface area (Å²) >= 11 is 2.26. The summed E-state index contributed by atoms with van der Waals surface area (Å²) in [6, 6.07) is 2.50. The van der Waals surface area contributed by atoms with Crippen molar-refractivity contribution in [3.63, 3.8) is 0 Å². The molecule has 104 valence electrons. The van der Waals surface area contributed by atoms with Gasteiger partial charge in [0.25, 0.3) is 0 Å². The fourth-order valence-corrected chi connectivity index (χ4v) is 5.35. The molecule has 3 nitrogen and oxygen atoms in total. The lowest BCUT2D eigenvalue weighted by Crippen LogP contribution is -2.29. The van der Waals surface area contributed by atoms with Crippen molar-refractivity contribution in [2.45, 2.75) is 37.4 Å². The van der Waals surface area contributed by atoms with Crippen molar-refractivity contribution in [1.29, 1.82) is 0 Å². The van der Waals surface area contributed by atoms with Crippen LogP contribution in [-0.4, -0.2) is 29.2 Å². The Labute approximate surface area is 126 Å². The van der Waals surface area contributed by atoms with E-state index in [1.165, 1.54) is 5.69 Å². The van der Waals surface area contributed by atoms with Crippen LogP contribution in [0.25, 0.3) is 0 Å². The van der Waals surface area contributed by atoms with Crippen LogP contribution in [0.3, 0.4) is 0 Å². The van der Waals surface area contributed by atoms with Gasteiger partial charge in [-0.05, 0) is 60.8 Å². The normalized spacial score (nSPS) is 45.7. The number of fused-ring (bicyclic) bond motifs is 1. The Kier molecular flexibility index (Phi) is 2.33. The predicted molar refractivity (Wildman–Crippen MR) is 77.8 cm³/mol. The molecule has 1 aromatic rings. The molecule has 5 rings (SSSR count). The molecule has 0 amide bonds. The predicted octanol–water partition coefficient (Wildman–Crippen LogP) is 2.94. The van der Waals surface area contributed by atoms with E-state index in [4.69, 9.17) is 4.74 Å². The van der Waals surface area contributed by atoms with Crippen molar-refractivity contribution in [3.05, 3.63) is 15.5 Å². The zero-order valence-electron chi connectivity index (χ0n) is 11.4. The molecule has 4 fully saturated rings. The van der Waals surface area contributed by atoms with Crippen LogP contribution in [0, 0.1) is 21.5 Å². The highest BCUT2D eigenvalue weighted by atomic mass is 127. The summed E-state index contributed by atoms with van der Waals surface area (Å²) in [6.45, 7) is 4.53. The van der Waals surface area contributed by atoms with Crippen LogP contribution in [0.2, 0.25) is 0 Å². The molecule has 5 atom stereocenters. The Hall–Kier alpha value is -0.170. The Bertz CT molecular complexity index is 554. The zero-order chi connectivity index (χ0) is 13.6. The third-order valence-corrected chi connectivity index (χ3v) is 5.92. The van der Waals surface area contributed by atoms with Crippen LogP contribution >= 0.6 is 22.6 Å². The minimum absolute atomic E-state index is 0.105. The van der Waals surface area contributed by atoms with E-state index >= 15 is 0 Å². The van der Waals surface area contributed by atoms with E-state index in [1.54, 1.807) is 7.11 Å². The fraction of sp³-hybridized carbons (Fsp3) is 0.786. The molecule has 19 heavy (non-hydrogen) atoms. The van der Waals surface area contributed by atoms with Crippen LogP contribution in [0.4, 0.5) is 4.39 Å². The number of alkyl halides is 1. The Morgan fingerprint density at radius 1 is 1.63 bits per heavy atom. The van der Waals surface area contributed by atoms with Crippen LogP contribution < -0.4 is 0 Å². The van der Waals surface area contributed by atoms with Crippen LogP contribution in [0.5, 0.6) is 0 Å². The van der Waals surface area contributed by atoms with Crippen molar-refractivity contribution in [2.75, 3.05) is 13.7 Å². The van der Waals surface area contributed by atoms with E-state index in [1.807, 2.05) is 0 Å². The second kappa shape index (κ2) is 3.53. The first-order chi connectivity index (χ1) is 8.96. The van der Waals surface area contributed by atoms with Gasteiger partial charge < -0.3 is 4.74 Å². The summed E-state index contributed by atoms with van der Waals surface area (Å²) in [5, 5.41) is 4.58. The van der Waals surface area contributed by atoms with Gasteiger partial charge in [-0.3, -0.25) is 4.68 Å². The van der Waals surface area contributed by atoms with Gasteiger partial charge in [-0.2, -0.15) is 5.10 Å². The molecule has 1 aromatic heterocycles. The minimum atomic E-state index is -1.10. The highest BCUT2D eigenvalue weighted by Gasteiger charge is 2.97. The number of aromatic nitrogens is 2. The van der Waals surface area contributed by atoms with Gasteiger partial charge in [0.05, 0.1) is 6.61 Å². The Morgan fingerprint density at radius 3 is 2.95 bits per heavy atom. The second-order valence-electron chi connectivity index (χ2n) is 6.61. The third-order valence-electron chi connectivity index (χ3n) is 5.39. The van der Waals surface area contributed by atoms with Gasteiger partial charge >= 0.3 is 0 Å². The van der Waals surface area contributed by atoms with Gasteiger partial charge in [0, 0.05) is 30.2 Å². The molecule has 4 saturated carbocycles. The maximum Gasteiger partial charge on any atom is 0.138 e. The molecule has 4 aliphatic rings. The summed E-state index contributed by atoms with van der Waals surface area (Å²) in [6.07, 6.45) is 0.677. The average molecular weight is 376 g/mol. The third kappa shape index (κ3) is 1.29. The monoisotopic (exact) mass is 376 g/mol. The highest BCUT2D eigenvalue weighted by Crippen LogP contribution is 2.93. The molecule has 2 bridgehead atoms. The van der Waals surface area contributed by atoms with Gasteiger partial charge in [-0.1, -0.05) is 0 Å². The van der Waals surface area contributed by atoms with E-state index in [-0.39, 0.29) is 17.9 Å². The van der Waals surface area contributed by atoms with Gasteiger partial charge in [0.1, 0.15) is 9.37 Å². The SMILES string of the molecule is COCC1(F)C[C@@H]2[C@@H]3C1[C@@]23c1cc(I)nn1C(C)C. The number of ether oxygens (including phenoxy) is 1. The van der Waals surface area contributed by atoms with E-state index in [0.717, 1.165) is 3.70 Å². The maximum absolute atomic E-state index is 14.9. The molecule has 4 aliphatic carbocycles. The van der Waals surface area contributed by atoms with E-state index < -0.39 is 5.67 Å². The quantitative estimate of drug-likeness (QED) is 0.756. The first-order valence-electron chi connectivity index (χ1n) is 6.90.